The quantitative estimate of drug-likeness (QED) is 0.332. The monoisotopic (exact) mass is 630 g/mol. The number of halogens is 6. The Balaban J connectivity index is 1.42. The van der Waals surface area contributed by atoms with Gasteiger partial charge in [-0.15, -0.1) is 0 Å². The molecule has 3 aromatic rings. The first kappa shape index (κ1) is 31.2. The molecule has 2 amide bonds. The number of amides is 2. The number of nitrogens with two attached hydrogens (primary N) is 1. The second-order valence-corrected chi connectivity index (χ2v) is 10.9. The van der Waals surface area contributed by atoms with Gasteiger partial charge in [-0.2, -0.15) is 18.3 Å². The molecule has 5 heterocycles. The summed E-state index contributed by atoms with van der Waals surface area (Å²) < 4.78 is 88.5. The number of alkyl halides is 6. The summed E-state index contributed by atoms with van der Waals surface area (Å²) in [7, 11) is 1.23. The maximum absolute atomic E-state index is 14.8. The fourth-order valence-corrected chi connectivity index (χ4v) is 5.31. The number of likely N-dealkylation sites (tertiary alicyclic amines) is 2. The largest absolute Gasteiger partial charge is 0.480 e. The lowest BCUT2D eigenvalue weighted by Gasteiger charge is -2.29. The fourth-order valence-electron chi connectivity index (χ4n) is 5.31. The van der Waals surface area contributed by atoms with Crippen molar-refractivity contribution in [3.63, 3.8) is 0 Å². The van der Waals surface area contributed by atoms with Crippen LogP contribution in [0.1, 0.15) is 29.3 Å². The molecular formula is C26H28F6N8O4. The number of carbonyl (C=O) groups excluding carboxylic acids is 2. The number of pyridine rings is 1. The van der Waals surface area contributed by atoms with Gasteiger partial charge in [0.05, 0.1) is 31.9 Å². The molecule has 2 saturated heterocycles. The van der Waals surface area contributed by atoms with Crippen molar-refractivity contribution >= 4 is 23.1 Å². The number of methoxy groups -OCH3 is 1. The van der Waals surface area contributed by atoms with E-state index in [1.54, 1.807) is 11.0 Å². The van der Waals surface area contributed by atoms with Gasteiger partial charge >= 0.3 is 6.18 Å². The highest BCUT2D eigenvalue weighted by Crippen LogP contribution is 2.35. The summed E-state index contributed by atoms with van der Waals surface area (Å²) in [6.45, 7) is -1.31. The van der Waals surface area contributed by atoms with Crippen molar-refractivity contribution in [3.05, 3.63) is 35.8 Å². The number of carbonyl (C=O) groups is 2. The van der Waals surface area contributed by atoms with E-state index in [0.717, 1.165) is 0 Å². The Morgan fingerprint density at radius 2 is 1.95 bits per heavy atom. The number of aliphatic hydroxyl groups is 1. The topological polar surface area (TPSA) is 151 Å². The van der Waals surface area contributed by atoms with Crippen LogP contribution in [0.3, 0.4) is 0 Å². The van der Waals surface area contributed by atoms with Crippen molar-refractivity contribution in [1.29, 1.82) is 0 Å². The van der Waals surface area contributed by atoms with Crippen molar-refractivity contribution in [2.45, 2.75) is 49.8 Å². The zero-order chi connectivity index (χ0) is 32.2. The van der Waals surface area contributed by atoms with Gasteiger partial charge in [0.15, 0.2) is 5.82 Å². The molecule has 5 rings (SSSR count). The first-order chi connectivity index (χ1) is 20.5. The number of ether oxygens (including phenoxy) is 1. The van der Waals surface area contributed by atoms with Crippen molar-refractivity contribution < 1.29 is 45.8 Å². The van der Waals surface area contributed by atoms with E-state index in [4.69, 9.17) is 10.5 Å². The minimum absolute atomic E-state index is 0.0884. The number of rotatable bonds is 7. The Morgan fingerprint density at radius 3 is 2.59 bits per heavy atom. The minimum atomic E-state index is -5.30. The van der Waals surface area contributed by atoms with Crippen LogP contribution in [0.15, 0.2) is 24.7 Å². The van der Waals surface area contributed by atoms with Gasteiger partial charge in [-0.25, -0.2) is 27.7 Å². The van der Waals surface area contributed by atoms with Gasteiger partial charge < -0.3 is 25.8 Å². The lowest BCUT2D eigenvalue weighted by atomic mass is 10.1. The lowest BCUT2D eigenvalue weighted by Crippen LogP contribution is -2.56. The first-order valence-electron chi connectivity index (χ1n) is 13.3. The molecule has 0 radical (unpaired) electrons. The van der Waals surface area contributed by atoms with Crippen LogP contribution in [0.4, 0.5) is 32.2 Å². The molecule has 12 nitrogen and oxygen atoms in total. The SMILES string of the molecule is COc1ncc(-c2cc(CN3CCC(F)(F)C3)c3c(N)ncnn23)cc1C(=O)N[C@@H]1CN(C(=O)[C@@](C)(O)C(F)(F)F)C[C@@H]1F. The van der Waals surface area contributed by atoms with Crippen LogP contribution < -0.4 is 15.8 Å². The zero-order valence-electron chi connectivity index (χ0n) is 23.4. The van der Waals surface area contributed by atoms with Crippen LogP contribution in [0.5, 0.6) is 5.88 Å². The molecule has 4 N–H and O–H groups in total. The van der Waals surface area contributed by atoms with E-state index >= 15 is 0 Å². The molecule has 0 aromatic carbocycles. The van der Waals surface area contributed by atoms with Crippen LogP contribution in [0.2, 0.25) is 0 Å². The third kappa shape index (κ3) is 5.70. The molecule has 0 unspecified atom stereocenters. The molecule has 0 spiro atoms. The summed E-state index contributed by atoms with van der Waals surface area (Å²) in [6.07, 6.45) is -4.98. The van der Waals surface area contributed by atoms with Gasteiger partial charge in [0.25, 0.3) is 17.7 Å². The van der Waals surface area contributed by atoms with E-state index in [9.17, 15) is 41.0 Å². The number of nitrogen functional groups attached to an aromatic ring is 1. The average molecular weight is 631 g/mol. The van der Waals surface area contributed by atoms with Crippen LogP contribution in [-0.4, -0.2) is 110 Å². The number of aromatic nitrogens is 4. The number of nitrogens with zero attached hydrogens (tertiary/aromatic N) is 6. The molecular weight excluding hydrogens is 602 g/mol. The van der Waals surface area contributed by atoms with E-state index in [1.807, 2.05) is 0 Å². The third-order valence-electron chi connectivity index (χ3n) is 7.71. The highest BCUT2D eigenvalue weighted by Gasteiger charge is 2.58. The van der Waals surface area contributed by atoms with Crippen LogP contribution >= 0.6 is 0 Å². The number of anilines is 1. The maximum atomic E-state index is 14.8. The van der Waals surface area contributed by atoms with Gasteiger partial charge in [-0.1, -0.05) is 0 Å². The highest BCUT2D eigenvalue weighted by atomic mass is 19.4. The summed E-state index contributed by atoms with van der Waals surface area (Å²) in [5, 5.41) is 16.3. The molecule has 3 atom stereocenters. The Morgan fingerprint density at radius 1 is 1.23 bits per heavy atom. The Kier molecular flexibility index (Phi) is 7.86. The van der Waals surface area contributed by atoms with E-state index in [0.29, 0.717) is 27.2 Å². The smallest absolute Gasteiger partial charge is 0.426 e. The fraction of sp³-hybridized carbons (Fsp3) is 0.500. The molecule has 2 aliphatic heterocycles. The van der Waals surface area contributed by atoms with Gasteiger partial charge in [0.1, 0.15) is 23.6 Å². The second kappa shape index (κ2) is 11.1. The number of hydrogen-bond acceptors (Lipinski definition) is 9. The summed E-state index contributed by atoms with van der Waals surface area (Å²) in [5.74, 6) is -5.55. The normalized spacial score (nSPS) is 21.9. The Hall–Kier alpha value is -4.19. The predicted octanol–water partition coefficient (Wildman–Crippen LogP) is 1.82. The zero-order valence-corrected chi connectivity index (χ0v) is 23.4. The van der Waals surface area contributed by atoms with Gasteiger partial charge in [0, 0.05) is 37.8 Å². The highest BCUT2D eigenvalue weighted by molar-refractivity contribution is 5.98. The summed E-state index contributed by atoms with van der Waals surface area (Å²) in [5.41, 5.74) is 3.78. The molecule has 2 aliphatic rings. The molecule has 0 aliphatic carbocycles. The van der Waals surface area contributed by atoms with E-state index in [1.165, 1.54) is 30.2 Å². The van der Waals surface area contributed by atoms with Crippen LogP contribution in [0, 0.1) is 0 Å². The van der Waals surface area contributed by atoms with Gasteiger partial charge in [0.2, 0.25) is 11.5 Å². The van der Waals surface area contributed by atoms with E-state index in [-0.39, 0.29) is 43.7 Å². The van der Waals surface area contributed by atoms with Crippen molar-refractivity contribution in [3.8, 4) is 17.1 Å². The molecule has 44 heavy (non-hydrogen) atoms. The Bertz CT molecular complexity index is 1600. The average Bonchev–Trinajstić information content (AvgIpc) is 3.62. The molecule has 3 aromatic heterocycles. The van der Waals surface area contributed by atoms with Crippen LogP contribution in [-0.2, 0) is 11.3 Å². The maximum Gasteiger partial charge on any atom is 0.426 e. The van der Waals surface area contributed by atoms with Crippen molar-refractivity contribution in [2.24, 2.45) is 0 Å². The molecule has 238 valence electrons. The standard InChI is InChI=1S/C26H28F6N8O4/c1-24(43,26(30,31)32)23(42)39-9-16(27)17(10-39)37-21(41)15-5-13(7-34-22(15)44-2)18-6-14(8-38-4-3-25(28,29)11-38)19-20(33)35-12-36-40(18)19/h5-7,12,16-17,43H,3-4,8-11H2,1-2H3,(H,37,41)(H2,33,35,36)/t16-,17+,24+/m0/s1. The predicted molar refractivity (Wildman–Crippen MR) is 141 cm³/mol. The summed E-state index contributed by atoms with van der Waals surface area (Å²) >= 11 is 0. The Labute approximate surface area is 245 Å². The van der Waals surface area contributed by atoms with Crippen molar-refractivity contribution in [2.75, 3.05) is 39.0 Å². The van der Waals surface area contributed by atoms with E-state index in [2.05, 4.69) is 20.4 Å². The number of fused-ring (bicyclic) bond motifs is 1. The summed E-state index contributed by atoms with van der Waals surface area (Å²) in [6, 6.07) is 1.59. The second-order valence-electron chi connectivity index (χ2n) is 10.9. The number of hydrogen-bond donors (Lipinski definition) is 3. The molecule has 18 heteroatoms. The van der Waals surface area contributed by atoms with Gasteiger partial charge in [-0.05, 0) is 24.6 Å². The van der Waals surface area contributed by atoms with Gasteiger partial charge in [-0.3, -0.25) is 14.5 Å². The molecule has 0 saturated carbocycles. The first-order valence-corrected chi connectivity index (χ1v) is 13.3. The molecule has 0 bridgehead atoms. The van der Waals surface area contributed by atoms with Crippen molar-refractivity contribution in [1.82, 2.24) is 34.7 Å². The van der Waals surface area contributed by atoms with Crippen LogP contribution in [0.25, 0.3) is 16.8 Å². The summed E-state index contributed by atoms with van der Waals surface area (Å²) in [4.78, 5) is 35.8. The van der Waals surface area contributed by atoms with E-state index < -0.39 is 61.4 Å². The lowest BCUT2D eigenvalue weighted by molar-refractivity contribution is -0.249. The third-order valence-corrected chi connectivity index (χ3v) is 7.71. The minimum Gasteiger partial charge on any atom is -0.480 e. The number of nitrogens with one attached hydrogen (secondary N) is 1. The molecule has 2 fully saturated rings.